The molecule has 3 heterocycles. The molecule has 2 atom stereocenters. The molecule has 0 saturated carbocycles. The van der Waals surface area contributed by atoms with Gasteiger partial charge in [-0.15, -0.1) is 11.8 Å². The average Bonchev–Trinajstić information content (AvgIpc) is 2.96. The van der Waals surface area contributed by atoms with E-state index in [4.69, 9.17) is 0 Å². The Morgan fingerprint density at radius 1 is 1.21 bits per heavy atom. The second-order valence-corrected chi connectivity index (χ2v) is 6.26. The SMILES string of the molecule is C1=CNC2C(=C1)C1SCCC1=CN2c1ccccc1. The number of rotatable bonds is 1. The van der Waals surface area contributed by atoms with Gasteiger partial charge < -0.3 is 10.2 Å². The van der Waals surface area contributed by atoms with Crippen molar-refractivity contribution in [2.45, 2.75) is 17.8 Å². The summed E-state index contributed by atoms with van der Waals surface area (Å²) in [6.07, 6.45) is 10.3. The molecule has 0 bridgehead atoms. The van der Waals surface area contributed by atoms with Gasteiger partial charge in [0.05, 0.1) is 5.25 Å². The highest BCUT2D eigenvalue weighted by Gasteiger charge is 2.37. The summed E-state index contributed by atoms with van der Waals surface area (Å²) in [4.78, 5) is 2.37. The van der Waals surface area contributed by atoms with E-state index in [1.807, 2.05) is 6.20 Å². The second-order valence-electron chi connectivity index (χ2n) is 5.04. The highest BCUT2D eigenvalue weighted by atomic mass is 32.2. The quantitative estimate of drug-likeness (QED) is 0.841. The highest BCUT2D eigenvalue weighted by molar-refractivity contribution is 8.00. The number of nitrogens with one attached hydrogen (secondary N) is 1. The van der Waals surface area contributed by atoms with Gasteiger partial charge in [-0.1, -0.05) is 24.3 Å². The fourth-order valence-electron chi connectivity index (χ4n) is 3.02. The Balaban J connectivity index is 1.81. The van der Waals surface area contributed by atoms with Crippen LogP contribution in [0.1, 0.15) is 6.42 Å². The molecule has 3 aliphatic rings. The van der Waals surface area contributed by atoms with E-state index < -0.39 is 0 Å². The average molecular weight is 268 g/mol. The first-order valence-electron chi connectivity index (χ1n) is 6.72. The van der Waals surface area contributed by atoms with E-state index in [2.05, 4.69) is 70.7 Å². The Kier molecular flexibility index (Phi) is 2.66. The van der Waals surface area contributed by atoms with Gasteiger partial charge in [0.1, 0.15) is 6.17 Å². The standard InChI is InChI=1S/C16H16N2S/c1-2-5-13(6-3-1)18-11-12-8-10-19-15(12)14-7-4-9-17-16(14)18/h1-7,9,11,15-17H,8,10H2. The van der Waals surface area contributed by atoms with Gasteiger partial charge >= 0.3 is 0 Å². The van der Waals surface area contributed by atoms with Crippen LogP contribution in [0.3, 0.4) is 0 Å². The third kappa shape index (κ3) is 1.80. The number of para-hydroxylation sites is 1. The molecule has 96 valence electrons. The van der Waals surface area contributed by atoms with Crippen molar-refractivity contribution in [2.75, 3.05) is 10.7 Å². The topological polar surface area (TPSA) is 15.3 Å². The first-order chi connectivity index (χ1) is 9.43. The summed E-state index contributed by atoms with van der Waals surface area (Å²) in [5.41, 5.74) is 4.31. The van der Waals surface area contributed by atoms with E-state index in [1.54, 1.807) is 5.57 Å². The third-order valence-electron chi connectivity index (χ3n) is 3.91. The van der Waals surface area contributed by atoms with Gasteiger partial charge in [0.15, 0.2) is 0 Å². The minimum atomic E-state index is 0.270. The molecule has 0 aliphatic carbocycles. The molecule has 0 radical (unpaired) electrons. The van der Waals surface area contributed by atoms with Gasteiger partial charge in [-0.2, -0.15) is 0 Å². The largest absolute Gasteiger partial charge is 0.367 e. The lowest BCUT2D eigenvalue weighted by atomic mass is 9.94. The molecule has 1 fully saturated rings. The highest BCUT2D eigenvalue weighted by Crippen LogP contribution is 2.43. The molecule has 3 heteroatoms. The lowest BCUT2D eigenvalue weighted by Crippen LogP contribution is -2.48. The van der Waals surface area contributed by atoms with E-state index in [0.717, 1.165) is 0 Å². The van der Waals surface area contributed by atoms with Crippen LogP contribution in [0.25, 0.3) is 0 Å². The van der Waals surface area contributed by atoms with E-state index in [-0.39, 0.29) is 6.17 Å². The minimum Gasteiger partial charge on any atom is -0.367 e. The molecule has 19 heavy (non-hydrogen) atoms. The summed E-state index contributed by atoms with van der Waals surface area (Å²) in [5, 5.41) is 4.09. The normalized spacial score (nSPS) is 28.1. The van der Waals surface area contributed by atoms with Crippen molar-refractivity contribution in [3.05, 3.63) is 66.0 Å². The molecule has 2 unspecified atom stereocenters. The van der Waals surface area contributed by atoms with Crippen molar-refractivity contribution in [3.63, 3.8) is 0 Å². The molecule has 1 aromatic carbocycles. The second kappa shape index (κ2) is 4.49. The number of allylic oxidation sites excluding steroid dienone is 2. The molecular formula is C16H16N2S. The zero-order valence-corrected chi connectivity index (χ0v) is 11.4. The maximum absolute atomic E-state index is 3.50. The number of thioether (sulfide) groups is 1. The van der Waals surface area contributed by atoms with Crippen molar-refractivity contribution < 1.29 is 0 Å². The van der Waals surface area contributed by atoms with Crippen molar-refractivity contribution >= 4 is 17.4 Å². The number of anilines is 1. The van der Waals surface area contributed by atoms with Crippen molar-refractivity contribution in [1.82, 2.24) is 5.32 Å². The number of nitrogens with zero attached hydrogens (tertiary/aromatic N) is 1. The summed E-state index contributed by atoms with van der Waals surface area (Å²) in [6, 6.07) is 10.6. The van der Waals surface area contributed by atoms with Crippen LogP contribution in [-0.4, -0.2) is 17.2 Å². The molecule has 3 aliphatic heterocycles. The smallest absolute Gasteiger partial charge is 0.127 e. The fraction of sp³-hybridized carbons (Fsp3) is 0.250. The zero-order chi connectivity index (χ0) is 12.7. The van der Waals surface area contributed by atoms with E-state index in [1.165, 1.54) is 23.4 Å². The summed E-state index contributed by atoms with van der Waals surface area (Å²) in [7, 11) is 0. The van der Waals surface area contributed by atoms with Crippen LogP contribution in [0.2, 0.25) is 0 Å². The van der Waals surface area contributed by atoms with E-state index in [9.17, 15) is 0 Å². The molecule has 0 spiro atoms. The molecule has 2 nitrogen and oxygen atoms in total. The Morgan fingerprint density at radius 2 is 2.11 bits per heavy atom. The van der Waals surface area contributed by atoms with Crippen LogP contribution in [0.15, 0.2) is 66.0 Å². The number of hydrogen-bond acceptors (Lipinski definition) is 3. The number of benzene rings is 1. The predicted molar refractivity (Wildman–Crippen MR) is 82.0 cm³/mol. The fourth-order valence-corrected chi connectivity index (χ4v) is 4.40. The Hall–Kier alpha value is -1.61. The van der Waals surface area contributed by atoms with Crippen LogP contribution in [-0.2, 0) is 0 Å². The van der Waals surface area contributed by atoms with Crippen LogP contribution >= 0.6 is 11.8 Å². The number of fused-ring (bicyclic) bond motifs is 3. The van der Waals surface area contributed by atoms with Crippen LogP contribution in [0, 0.1) is 0 Å². The molecule has 4 rings (SSSR count). The lowest BCUT2D eigenvalue weighted by Gasteiger charge is -2.40. The Labute approximate surface area is 117 Å². The van der Waals surface area contributed by atoms with Gasteiger partial charge in [-0.05, 0) is 47.7 Å². The maximum atomic E-state index is 3.50. The summed E-state index contributed by atoms with van der Waals surface area (Å²) in [6.45, 7) is 0. The molecule has 1 aromatic rings. The number of dihydropyridines is 1. The Morgan fingerprint density at radius 3 is 3.00 bits per heavy atom. The van der Waals surface area contributed by atoms with E-state index in [0.29, 0.717) is 5.25 Å². The summed E-state index contributed by atoms with van der Waals surface area (Å²) in [5.74, 6) is 1.24. The summed E-state index contributed by atoms with van der Waals surface area (Å²) < 4.78 is 0. The van der Waals surface area contributed by atoms with Gasteiger partial charge in [0.25, 0.3) is 0 Å². The van der Waals surface area contributed by atoms with Crippen molar-refractivity contribution in [2.24, 2.45) is 0 Å². The van der Waals surface area contributed by atoms with Gasteiger partial charge in [0, 0.05) is 11.9 Å². The predicted octanol–water partition coefficient (Wildman–Crippen LogP) is 3.27. The van der Waals surface area contributed by atoms with Crippen LogP contribution in [0.5, 0.6) is 0 Å². The lowest BCUT2D eigenvalue weighted by molar-refractivity contribution is 0.626. The maximum Gasteiger partial charge on any atom is 0.127 e. The van der Waals surface area contributed by atoms with Gasteiger partial charge in [-0.3, -0.25) is 0 Å². The molecule has 0 amide bonds. The first kappa shape index (κ1) is 11.2. The van der Waals surface area contributed by atoms with E-state index >= 15 is 0 Å². The molecule has 0 aromatic heterocycles. The monoisotopic (exact) mass is 268 g/mol. The number of hydrogen-bond donors (Lipinski definition) is 1. The summed E-state index contributed by atoms with van der Waals surface area (Å²) >= 11 is 2.07. The molecule has 1 N–H and O–H groups in total. The van der Waals surface area contributed by atoms with Crippen molar-refractivity contribution in [3.8, 4) is 0 Å². The zero-order valence-electron chi connectivity index (χ0n) is 10.6. The molecule has 1 saturated heterocycles. The Bertz CT molecular complexity index is 574. The van der Waals surface area contributed by atoms with Gasteiger partial charge in [0.2, 0.25) is 0 Å². The van der Waals surface area contributed by atoms with Crippen LogP contribution < -0.4 is 10.2 Å². The first-order valence-corrected chi connectivity index (χ1v) is 7.76. The third-order valence-corrected chi connectivity index (χ3v) is 5.25. The van der Waals surface area contributed by atoms with Crippen LogP contribution in [0.4, 0.5) is 5.69 Å². The minimum absolute atomic E-state index is 0.270. The van der Waals surface area contributed by atoms with Crippen molar-refractivity contribution in [1.29, 1.82) is 0 Å². The van der Waals surface area contributed by atoms with Gasteiger partial charge in [-0.25, -0.2) is 0 Å². The molecular weight excluding hydrogens is 252 g/mol.